The number of nitrogens with zero attached hydrogens (tertiary/aromatic N) is 1. The van der Waals surface area contributed by atoms with Crippen LogP contribution in [0.25, 0.3) is 0 Å². The highest BCUT2D eigenvalue weighted by molar-refractivity contribution is 4.87. The molecule has 0 N–H and O–H groups in total. The van der Waals surface area contributed by atoms with Crippen molar-refractivity contribution >= 4 is 0 Å². The van der Waals surface area contributed by atoms with Gasteiger partial charge in [-0.05, 0) is 65.7 Å². The summed E-state index contributed by atoms with van der Waals surface area (Å²) in [5.41, 5.74) is 0.949. The first-order valence-electron chi connectivity index (χ1n) is 7.51. The predicted molar refractivity (Wildman–Crippen MR) is 84.1 cm³/mol. The quantitative estimate of drug-likeness (QED) is 0.654. The summed E-state index contributed by atoms with van der Waals surface area (Å²) in [6, 6.07) is 0. The third-order valence-electron chi connectivity index (χ3n) is 3.50. The summed E-state index contributed by atoms with van der Waals surface area (Å²) in [5, 5.41) is 0. The Morgan fingerprint density at radius 1 is 0.778 bits per heavy atom. The zero-order valence-corrected chi connectivity index (χ0v) is 14.6. The van der Waals surface area contributed by atoms with E-state index >= 15 is 0 Å². The maximum Gasteiger partial charge on any atom is 0.0130 e. The molecule has 0 radical (unpaired) electrons. The van der Waals surface area contributed by atoms with Gasteiger partial charge in [-0.25, -0.2) is 0 Å². The van der Waals surface area contributed by atoms with Crippen molar-refractivity contribution in [3.05, 3.63) is 0 Å². The maximum atomic E-state index is 2.65. The second kappa shape index (κ2) is 5.94. The van der Waals surface area contributed by atoms with Gasteiger partial charge in [-0.15, -0.1) is 0 Å². The van der Waals surface area contributed by atoms with Crippen LogP contribution in [0.5, 0.6) is 0 Å². The summed E-state index contributed by atoms with van der Waals surface area (Å²) in [6.45, 7) is 24.6. The van der Waals surface area contributed by atoms with Crippen LogP contribution in [0.2, 0.25) is 0 Å². The van der Waals surface area contributed by atoms with E-state index in [9.17, 15) is 0 Å². The Morgan fingerprint density at radius 3 is 1.44 bits per heavy atom. The summed E-state index contributed by atoms with van der Waals surface area (Å²) in [5.74, 6) is 0.766. The molecule has 0 bridgehead atoms. The molecule has 0 saturated heterocycles. The number of rotatable bonds is 4. The molecule has 0 saturated carbocycles. The molecule has 1 unspecified atom stereocenters. The molecule has 0 aliphatic heterocycles. The fraction of sp³-hybridized carbons (Fsp3) is 1.00. The average molecular weight is 255 g/mol. The topological polar surface area (TPSA) is 3.24 Å². The fourth-order valence-electron chi connectivity index (χ4n) is 2.64. The molecular formula is C17H37N. The van der Waals surface area contributed by atoms with Gasteiger partial charge < -0.3 is 0 Å². The van der Waals surface area contributed by atoms with Crippen molar-refractivity contribution in [2.24, 2.45) is 11.3 Å². The van der Waals surface area contributed by atoms with Crippen molar-refractivity contribution in [3.63, 3.8) is 0 Å². The molecule has 1 atom stereocenters. The van der Waals surface area contributed by atoms with Gasteiger partial charge in [-0.1, -0.05) is 27.7 Å². The Labute approximate surface area is 116 Å². The molecule has 0 aromatic carbocycles. The van der Waals surface area contributed by atoms with Gasteiger partial charge in [0.1, 0.15) is 0 Å². The van der Waals surface area contributed by atoms with Gasteiger partial charge >= 0.3 is 0 Å². The van der Waals surface area contributed by atoms with Gasteiger partial charge in [0, 0.05) is 17.6 Å². The summed E-state index contributed by atoms with van der Waals surface area (Å²) >= 11 is 0. The Morgan fingerprint density at radius 2 is 1.17 bits per heavy atom. The van der Waals surface area contributed by atoms with E-state index in [4.69, 9.17) is 0 Å². The van der Waals surface area contributed by atoms with Gasteiger partial charge in [-0.3, -0.25) is 4.90 Å². The van der Waals surface area contributed by atoms with Crippen molar-refractivity contribution in [2.45, 2.75) is 93.2 Å². The summed E-state index contributed by atoms with van der Waals surface area (Å²) < 4.78 is 0. The predicted octanol–water partition coefficient (Wildman–Crippen LogP) is 5.35. The average Bonchev–Trinajstić information content (AvgIpc) is 2.05. The lowest BCUT2D eigenvalue weighted by molar-refractivity contribution is 0.0223. The molecule has 0 rings (SSSR count). The monoisotopic (exact) mass is 255 g/mol. The largest absolute Gasteiger partial charge is 0.293 e. The molecule has 0 aliphatic carbocycles. The van der Waals surface area contributed by atoms with Crippen LogP contribution in [0.3, 0.4) is 0 Å². The van der Waals surface area contributed by atoms with Crippen molar-refractivity contribution in [1.29, 1.82) is 0 Å². The lowest BCUT2D eigenvalue weighted by atomic mass is 9.86. The molecule has 0 aromatic rings. The highest BCUT2D eigenvalue weighted by Crippen LogP contribution is 2.29. The fourth-order valence-corrected chi connectivity index (χ4v) is 2.64. The molecule has 0 fully saturated rings. The first-order chi connectivity index (χ1) is 7.73. The van der Waals surface area contributed by atoms with E-state index in [1.165, 1.54) is 19.4 Å². The zero-order chi connectivity index (χ0) is 14.8. The molecule has 110 valence electrons. The van der Waals surface area contributed by atoms with E-state index in [2.05, 4.69) is 74.1 Å². The first kappa shape index (κ1) is 18.0. The van der Waals surface area contributed by atoms with Crippen molar-refractivity contribution < 1.29 is 0 Å². The first-order valence-corrected chi connectivity index (χ1v) is 7.51. The van der Waals surface area contributed by atoms with Crippen LogP contribution in [0, 0.1) is 11.3 Å². The Kier molecular flexibility index (Phi) is 5.93. The van der Waals surface area contributed by atoms with Crippen molar-refractivity contribution in [2.75, 3.05) is 6.54 Å². The molecule has 0 spiro atoms. The second-order valence-corrected chi connectivity index (χ2v) is 9.16. The van der Waals surface area contributed by atoms with E-state index in [0.29, 0.717) is 5.41 Å². The minimum Gasteiger partial charge on any atom is -0.293 e. The third-order valence-corrected chi connectivity index (χ3v) is 3.50. The van der Waals surface area contributed by atoms with Crippen molar-refractivity contribution in [3.8, 4) is 0 Å². The third kappa shape index (κ3) is 7.41. The summed E-state index contributed by atoms with van der Waals surface area (Å²) in [7, 11) is 0. The minimum atomic E-state index is 0.244. The zero-order valence-electron chi connectivity index (χ0n) is 14.6. The highest BCUT2D eigenvalue weighted by atomic mass is 15.2. The summed E-state index contributed by atoms with van der Waals surface area (Å²) in [4.78, 5) is 2.65. The number of hydrogen-bond acceptors (Lipinski definition) is 1. The van der Waals surface area contributed by atoms with Crippen molar-refractivity contribution in [1.82, 2.24) is 4.90 Å². The van der Waals surface area contributed by atoms with E-state index < -0.39 is 0 Å². The second-order valence-electron chi connectivity index (χ2n) is 9.16. The molecule has 1 heteroatoms. The van der Waals surface area contributed by atoms with Crippen LogP contribution >= 0.6 is 0 Å². The number of hydrogen-bond donors (Lipinski definition) is 0. The lowest BCUT2D eigenvalue weighted by Crippen LogP contribution is -2.54. The van der Waals surface area contributed by atoms with Gasteiger partial charge in [0.05, 0.1) is 0 Å². The van der Waals surface area contributed by atoms with Gasteiger partial charge in [0.15, 0.2) is 0 Å². The normalized spacial score (nSPS) is 16.2. The molecule has 18 heavy (non-hydrogen) atoms. The van der Waals surface area contributed by atoms with Crippen LogP contribution in [-0.4, -0.2) is 22.5 Å². The van der Waals surface area contributed by atoms with Crippen LogP contribution in [0.1, 0.15) is 82.1 Å². The standard InChI is InChI=1S/C17H37N/c1-14(11-12-15(2,3)4)13-18(16(5,6)7)17(8,9)10/h14H,11-13H2,1-10H3. The molecular weight excluding hydrogens is 218 g/mol. The van der Waals surface area contributed by atoms with E-state index in [0.717, 1.165) is 5.92 Å². The van der Waals surface area contributed by atoms with E-state index in [-0.39, 0.29) is 11.1 Å². The van der Waals surface area contributed by atoms with Crippen LogP contribution in [-0.2, 0) is 0 Å². The molecule has 1 nitrogen and oxygen atoms in total. The smallest absolute Gasteiger partial charge is 0.0130 e. The molecule has 0 heterocycles. The Hall–Kier alpha value is -0.0400. The summed E-state index contributed by atoms with van der Waals surface area (Å²) in [6.07, 6.45) is 2.64. The SMILES string of the molecule is CC(CCC(C)(C)C)CN(C(C)(C)C)C(C)(C)C. The molecule has 0 aliphatic rings. The van der Waals surface area contributed by atoms with E-state index in [1.54, 1.807) is 0 Å². The van der Waals surface area contributed by atoms with Gasteiger partial charge in [0.25, 0.3) is 0 Å². The highest BCUT2D eigenvalue weighted by Gasteiger charge is 2.32. The maximum absolute atomic E-state index is 2.65. The van der Waals surface area contributed by atoms with E-state index in [1.807, 2.05) is 0 Å². The minimum absolute atomic E-state index is 0.244. The van der Waals surface area contributed by atoms with Crippen LogP contribution in [0.4, 0.5) is 0 Å². The Bertz CT molecular complexity index is 220. The lowest BCUT2D eigenvalue weighted by Gasteiger charge is -2.47. The van der Waals surface area contributed by atoms with Gasteiger partial charge in [-0.2, -0.15) is 0 Å². The molecule has 0 aromatic heterocycles. The Balaban J connectivity index is 4.52. The van der Waals surface area contributed by atoms with Crippen LogP contribution < -0.4 is 0 Å². The van der Waals surface area contributed by atoms with Crippen LogP contribution in [0.15, 0.2) is 0 Å². The van der Waals surface area contributed by atoms with Gasteiger partial charge in [0.2, 0.25) is 0 Å². The molecule has 0 amide bonds.